The summed E-state index contributed by atoms with van der Waals surface area (Å²) in [6.45, 7) is -1.97. The molecule has 0 atom stereocenters. The summed E-state index contributed by atoms with van der Waals surface area (Å²) in [5.74, 6) is -3.75. The molecule has 3 N–H and O–H groups in total. The molecule has 1 aromatic rings. The van der Waals surface area contributed by atoms with Gasteiger partial charge in [-0.1, -0.05) is 12.1 Å². The van der Waals surface area contributed by atoms with Crippen LogP contribution >= 0.6 is 0 Å². The van der Waals surface area contributed by atoms with Gasteiger partial charge >= 0.3 is 0 Å². The smallest absolute Gasteiger partial charge is 0.273 e. The summed E-state index contributed by atoms with van der Waals surface area (Å²) in [6.07, 6.45) is 0. The number of hydrogen-bond donors (Lipinski definition) is 2. The number of sulfonamides is 1. The van der Waals surface area contributed by atoms with Gasteiger partial charge in [0, 0.05) is 0 Å². The minimum atomic E-state index is -3.90. The fourth-order valence-electron chi connectivity index (χ4n) is 1.29. The maximum absolute atomic E-state index is 12.8. The summed E-state index contributed by atoms with van der Waals surface area (Å²) in [6, 6.07) is 7.80. The fourth-order valence-corrected chi connectivity index (χ4v) is 2.44. The topological polar surface area (TPSA) is 96.0 Å². The molecule has 0 saturated carbocycles. The Hall–Kier alpha value is -1.56. The van der Waals surface area contributed by atoms with Gasteiger partial charge in [-0.3, -0.25) is 0 Å². The predicted molar refractivity (Wildman–Crippen MR) is 65.8 cm³/mol. The van der Waals surface area contributed by atoms with Crippen LogP contribution in [0.1, 0.15) is 11.1 Å². The Labute approximate surface area is 110 Å². The summed E-state index contributed by atoms with van der Waals surface area (Å²) in [5.41, 5.74) is 5.46. The molecule has 19 heavy (non-hydrogen) atoms. The van der Waals surface area contributed by atoms with Crippen molar-refractivity contribution in [3.63, 3.8) is 0 Å². The molecule has 104 valence electrons. The first-order valence-corrected chi connectivity index (χ1v) is 6.97. The Kier molecular flexibility index (Phi) is 4.94. The fraction of sp³-hybridized carbons (Fsp3) is 0.364. The molecule has 1 rings (SSSR count). The lowest BCUT2D eigenvalue weighted by Crippen LogP contribution is -2.41. The third-order valence-electron chi connectivity index (χ3n) is 2.26. The zero-order valence-electron chi connectivity index (χ0n) is 9.94. The number of nitrogens with two attached hydrogens (primary N) is 1. The van der Waals surface area contributed by atoms with E-state index in [2.05, 4.69) is 0 Å². The minimum Gasteiger partial charge on any atom is -0.325 e. The largest absolute Gasteiger partial charge is 0.325 e. The second-order valence-electron chi connectivity index (χ2n) is 3.95. The number of benzene rings is 1. The second-order valence-corrected chi connectivity index (χ2v) is 5.76. The van der Waals surface area contributed by atoms with Crippen LogP contribution in [0, 0.1) is 11.3 Å². The van der Waals surface area contributed by atoms with Crippen molar-refractivity contribution in [3.8, 4) is 6.07 Å². The van der Waals surface area contributed by atoms with E-state index in [1.807, 2.05) is 6.07 Å². The number of halogens is 2. The summed E-state index contributed by atoms with van der Waals surface area (Å²) in [4.78, 5) is 0. The Balaban J connectivity index is 2.72. The van der Waals surface area contributed by atoms with E-state index in [-0.39, 0.29) is 0 Å². The van der Waals surface area contributed by atoms with Crippen molar-refractivity contribution >= 4 is 10.0 Å². The van der Waals surface area contributed by atoms with Crippen molar-refractivity contribution in [1.82, 2.24) is 4.72 Å². The van der Waals surface area contributed by atoms with Crippen LogP contribution in [0.3, 0.4) is 0 Å². The average Bonchev–Trinajstić information content (AvgIpc) is 2.36. The highest BCUT2D eigenvalue weighted by Gasteiger charge is 2.28. The highest BCUT2D eigenvalue weighted by atomic mass is 32.2. The lowest BCUT2D eigenvalue weighted by Gasteiger charge is -2.14. The van der Waals surface area contributed by atoms with E-state index >= 15 is 0 Å². The van der Waals surface area contributed by atoms with Crippen LogP contribution in [0.25, 0.3) is 0 Å². The van der Waals surface area contributed by atoms with Gasteiger partial charge < -0.3 is 5.73 Å². The van der Waals surface area contributed by atoms with E-state index in [0.717, 1.165) is 0 Å². The summed E-state index contributed by atoms with van der Waals surface area (Å²) in [7, 11) is -3.90. The first kappa shape index (κ1) is 15.5. The van der Waals surface area contributed by atoms with Crippen LogP contribution in [0.2, 0.25) is 0 Å². The number of hydrogen-bond acceptors (Lipinski definition) is 4. The van der Waals surface area contributed by atoms with Gasteiger partial charge in [0.2, 0.25) is 10.0 Å². The van der Waals surface area contributed by atoms with E-state index in [4.69, 9.17) is 11.0 Å². The SMILES string of the molecule is N#Cc1cccc(CS(=O)(=O)NCC(F)(F)CN)c1. The third-order valence-corrected chi connectivity index (χ3v) is 3.56. The summed E-state index contributed by atoms with van der Waals surface area (Å²) in [5, 5.41) is 8.67. The number of rotatable bonds is 6. The quantitative estimate of drug-likeness (QED) is 0.800. The van der Waals surface area contributed by atoms with Gasteiger partial charge in [0.25, 0.3) is 5.92 Å². The van der Waals surface area contributed by atoms with E-state index in [0.29, 0.717) is 11.1 Å². The first-order chi connectivity index (χ1) is 8.78. The molecule has 8 heteroatoms. The zero-order chi connectivity index (χ0) is 14.5. The van der Waals surface area contributed by atoms with Crippen LogP contribution in [-0.2, 0) is 15.8 Å². The second kappa shape index (κ2) is 6.06. The minimum absolute atomic E-state index is 0.306. The molecule has 0 spiro atoms. The standard InChI is InChI=1S/C11H13F2N3O2S/c12-11(13,7-15)8-16-19(17,18)6-10-3-1-2-9(4-10)5-14/h1-4,16H,6-8,15H2. The van der Waals surface area contributed by atoms with E-state index in [1.54, 1.807) is 4.72 Å². The van der Waals surface area contributed by atoms with Gasteiger partial charge in [0.05, 0.1) is 30.5 Å². The Morgan fingerprint density at radius 3 is 2.68 bits per heavy atom. The van der Waals surface area contributed by atoms with E-state index < -0.39 is 34.8 Å². The summed E-state index contributed by atoms with van der Waals surface area (Å²) >= 11 is 0. The monoisotopic (exact) mass is 289 g/mol. The molecule has 0 saturated heterocycles. The van der Waals surface area contributed by atoms with Crippen LogP contribution in [0.15, 0.2) is 24.3 Å². The zero-order valence-corrected chi connectivity index (χ0v) is 10.8. The molecule has 0 aliphatic carbocycles. The van der Waals surface area contributed by atoms with Crippen LogP contribution in [0.5, 0.6) is 0 Å². The lowest BCUT2D eigenvalue weighted by atomic mass is 10.2. The lowest BCUT2D eigenvalue weighted by molar-refractivity contribution is 0.0170. The maximum Gasteiger partial charge on any atom is 0.273 e. The molecule has 0 radical (unpaired) electrons. The average molecular weight is 289 g/mol. The van der Waals surface area contributed by atoms with Crippen molar-refractivity contribution in [1.29, 1.82) is 5.26 Å². The molecule has 0 bridgehead atoms. The Bertz CT molecular complexity index is 582. The number of nitriles is 1. The molecule has 0 unspecified atom stereocenters. The first-order valence-electron chi connectivity index (χ1n) is 5.32. The van der Waals surface area contributed by atoms with Crippen molar-refractivity contribution in [2.24, 2.45) is 5.73 Å². The predicted octanol–water partition coefficient (Wildman–Crippen LogP) is 0.572. The van der Waals surface area contributed by atoms with Crippen molar-refractivity contribution in [2.45, 2.75) is 11.7 Å². The highest BCUT2D eigenvalue weighted by molar-refractivity contribution is 7.88. The van der Waals surface area contributed by atoms with Crippen LogP contribution in [0.4, 0.5) is 8.78 Å². The van der Waals surface area contributed by atoms with Crippen molar-refractivity contribution in [3.05, 3.63) is 35.4 Å². The molecule has 0 heterocycles. The number of nitrogens with zero attached hydrogens (tertiary/aromatic N) is 1. The Morgan fingerprint density at radius 1 is 1.42 bits per heavy atom. The normalized spacial score (nSPS) is 12.1. The molecule has 0 aromatic heterocycles. The van der Waals surface area contributed by atoms with Gasteiger partial charge in [-0.05, 0) is 17.7 Å². The molecule has 1 aromatic carbocycles. The van der Waals surface area contributed by atoms with Gasteiger partial charge in [-0.2, -0.15) is 5.26 Å². The summed E-state index contributed by atoms with van der Waals surface area (Å²) < 4.78 is 50.7. The molecular weight excluding hydrogens is 276 g/mol. The van der Waals surface area contributed by atoms with Crippen LogP contribution in [-0.4, -0.2) is 27.4 Å². The highest BCUT2D eigenvalue weighted by Crippen LogP contribution is 2.11. The van der Waals surface area contributed by atoms with Gasteiger partial charge in [0.1, 0.15) is 0 Å². The van der Waals surface area contributed by atoms with Crippen molar-refractivity contribution < 1.29 is 17.2 Å². The van der Waals surface area contributed by atoms with Crippen molar-refractivity contribution in [2.75, 3.05) is 13.1 Å². The van der Waals surface area contributed by atoms with Gasteiger partial charge in [0.15, 0.2) is 0 Å². The number of nitrogens with one attached hydrogen (secondary N) is 1. The van der Waals surface area contributed by atoms with Gasteiger partial charge in [-0.15, -0.1) is 0 Å². The maximum atomic E-state index is 12.8. The Morgan fingerprint density at radius 2 is 2.11 bits per heavy atom. The van der Waals surface area contributed by atoms with E-state index in [9.17, 15) is 17.2 Å². The number of alkyl halides is 2. The molecule has 5 nitrogen and oxygen atoms in total. The molecule has 0 fully saturated rings. The molecule has 0 aliphatic heterocycles. The molecule has 0 amide bonds. The van der Waals surface area contributed by atoms with Crippen LogP contribution < -0.4 is 10.5 Å². The third kappa shape index (κ3) is 5.30. The molecular formula is C11H13F2N3O2S. The molecule has 0 aliphatic rings. The van der Waals surface area contributed by atoms with E-state index in [1.165, 1.54) is 24.3 Å². The van der Waals surface area contributed by atoms with Gasteiger partial charge in [-0.25, -0.2) is 21.9 Å².